The molecule has 0 bridgehead atoms. The van der Waals surface area contributed by atoms with Gasteiger partial charge < -0.3 is 20.6 Å². The number of hydrogen-bond acceptors (Lipinski definition) is 4. The van der Waals surface area contributed by atoms with Crippen molar-refractivity contribution in [1.82, 2.24) is 5.32 Å². The molecule has 1 amide bonds. The summed E-state index contributed by atoms with van der Waals surface area (Å²) in [6.45, 7) is 0.0627. The average molecular weight is 239 g/mol. The SMILES string of the molecule is O=C(NCCC(O)C(=O)O)c1ccc(O)cc1. The molecule has 1 aromatic rings. The molecule has 0 aromatic heterocycles. The van der Waals surface area contributed by atoms with Crippen LogP contribution >= 0.6 is 0 Å². The Morgan fingerprint density at radius 2 is 1.82 bits per heavy atom. The minimum absolute atomic E-state index is 0.0564. The van der Waals surface area contributed by atoms with Gasteiger partial charge in [0.25, 0.3) is 5.91 Å². The third-order valence-corrected chi connectivity index (χ3v) is 2.12. The van der Waals surface area contributed by atoms with E-state index in [1.807, 2.05) is 0 Å². The standard InChI is InChI=1S/C11H13NO5/c13-8-3-1-7(2-4-8)10(15)12-6-5-9(14)11(16)17/h1-4,9,13-14H,5-6H2,(H,12,15)(H,16,17). The average Bonchev–Trinajstić information content (AvgIpc) is 2.29. The Labute approximate surface area is 97.5 Å². The number of rotatable bonds is 5. The minimum atomic E-state index is -1.48. The molecule has 4 N–H and O–H groups in total. The highest BCUT2D eigenvalue weighted by Gasteiger charge is 2.13. The van der Waals surface area contributed by atoms with Gasteiger partial charge in [0.1, 0.15) is 5.75 Å². The first-order valence-electron chi connectivity index (χ1n) is 4.99. The number of aliphatic carboxylic acids is 1. The molecule has 92 valence electrons. The highest BCUT2D eigenvalue weighted by Crippen LogP contribution is 2.09. The number of hydrogen-bond donors (Lipinski definition) is 4. The summed E-state index contributed by atoms with van der Waals surface area (Å²) in [5, 5.41) is 28.8. The predicted molar refractivity (Wildman–Crippen MR) is 58.7 cm³/mol. The van der Waals surface area contributed by atoms with Gasteiger partial charge in [0.2, 0.25) is 0 Å². The Balaban J connectivity index is 2.40. The van der Waals surface area contributed by atoms with E-state index in [1.165, 1.54) is 24.3 Å². The van der Waals surface area contributed by atoms with E-state index < -0.39 is 12.1 Å². The number of carbonyl (C=O) groups excluding carboxylic acids is 1. The Hall–Kier alpha value is -2.08. The Kier molecular flexibility index (Phi) is 4.47. The summed E-state index contributed by atoms with van der Waals surface area (Å²) in [6, 6.07) is 5.64. The molecule has 6 nitrogen and oxygen atoms in total. The van der Waals surface area contributed by atoms with Crippen molar-refractivity contribution >= 4 is 11.9 Å². The number of benzene rings is 1. The van der Waals surface area contributed by atoms with Crippen LogP contribution in [0.15, 0.2) is 24.3 Å². The first kappa shape index (κ1) is 13.0. The number of aliphatic hydroxyl groups excluding tert-OH is 1. The molecule has 0 aliphatic carbocycles. The maximum atomic E-state index is 11.5. The van der Waals surface area contributed by atoms with Gasteiger partial charge in [-0.1, -0.05) is 0 Å². The zero-order chi connectivity index (χ0) is 12.8. The number of carboxylic acids is 1. The molecule has 0 aliphatic rings. The lowest BCUT2D eigenvalue weighted by atomic mass is 10.2. The van der Waals surface area contributed by atoms with Crippen LogP contribution in [0.2, 0.25) is 0 Å². The number of amides is 1. The Morgan fingerprint density at radius 1 is 1.24 bits per heavy atom. The molecule has 0 spiro atoms. The minimum Gasteiger partial charge on any atom is -0.508 e. The largest absolute Gasteiger partial charge is 0.508 e. The van der Waals surface area contributed by atoms with E-state index in [2.05, 4.69) is 5.32 Å². The summed E-state index contributed by atoms with van der Waals surface area (Å²) < 4.78 is 0. The smallest absolute Gasteiger partial charge is 0.332 e. The van der Waals surface area contributed by atoms with Crippen LogP contribution in [-0.2, 0) is 4.79 Å². The van der Waals surface area contributed by atoms with Crippen molar-refractivity contribution in [2.75, 3.05) is 6.54 Å². The summed E-state index contributed by atoms with van der Waals surface area (Å²) in [5.74, 6) is -1.64. The zero-order valence-electron chi connectivity index (χ0n) is 8.96. The normalized spacial score (nSPS) is 11.8. The lowest BCUT2D eigenvalue weighted by Gasteiger charge is -2.07. The first-order chi connectivity index (χ1) is 8.00. The third kappa shape index (κ3) is 4.12. The van der Waals surface area contributed by atoms with E-state index in [0.29, 0.717) is 5.56 Å². The van der Waals surface area contributed by atoms with E-state index in [4.69, 9.17) is 15.3 Å². The van der Waals surface area contributed by atoms with Crippen LogP contribution < -0.4 is 5.32 Å². The maximum Gasteiger partial charge on any atom is 0.332 e. The molecule has 0 saturated heterocycles. The van der Waals surface area contributed by atoms with E-state index in [-0.39, 0.29) is 24.6 Å². The second kappa shape index (κ2) is 5.86. The van der Waals surface area contributed by atoms with Crippen molar-refractivity contribution in [2.24, 2.45) is 0 Å². The number of carboxylic acid groups (broad SMARTS) is 1. The van der Waals surface area contributed by atoms with Gasteiger partial charge in [-0.25, -0.2) is 4.79 Å². The molecule has 1 rings (SSSR count). The Bertz CT molecular complexity index is 401. The second-order valence-electron chi connectivity index (χ2n) is 3.45. The van der Waals surface area contributed by atoms with Crippen LogP contribution in [-0.4, -0.2) is 39.8 Å². The number of carbonyl (C=O) groups is 2. The van der Waals surface area contributed by atoms with Gasteiger partial charge in [-0.05, 0) is 24.3 Å². The molecule has 0 heterocycles. The number of aromatic hydroxyl groups is 1. The molecule has 17 heavy (non-hydrogen) atoms. The van der Waals surface area contributed by atoms with E-state index in [1.54, 1.807) is 0 Å². The van der Waals surface area contributed by atoms with E-state index in [9.17, 15) is 9.59 Å². The number of aliphatic hydroxyl groups is 1. The number of phenols is 1. The lowest BCUT2D eigenvalue weighted by Crippen LogP contribution is -2.29. The van der Waals surface area contributed by atoms with Gasteiger partial charge in [-0.3, -0.25) is 4.79 Å². The molecule has 1 aromatic carbocycles. The van der Waals surface area contributed by atoms with Crippen LogP contribution in [0.25, 0.3) is 0 Å². The van der Waals surface area contributed by atoms with Crippen molar-refractivity contribution in [1.29, 1.82) is 0 Å². The van der Waals surface area contributed by atoms with Crippen LogP contribution in [0.3, 0.4) is 0 Å². The van der Waals surface area contributed by atoms with Gasteiger partial charge in [-0.15, -0.1) is 0 Å². The molecule has 1 atom stereocenters. The van der Waals surface area contributed by atoms with Gasteiger partial charge in [0, 0.05) is 18.5 Å². The van der Waals surface area contributed by atoms with Gasteiger partial charge in [-0.2, -0.15) is 0 Å². The van der Waals surface area contributed by atoms with Crippen molar-refractivity contribution in [3.05, 3.63) is 29.8 Å². The van der Waals surface area contributed by atoms with E-state index in [0.717, 1.165) is 0 Å². The van der Waals surface area contributed by atoms with Gasteiger partial charge in [0.15, 0.2) is 6.10 Å². The molecule has 0 aliphatic heterocycles. The molecular weight excluding hydrogens is 226 g/mol. The lowest BCUT2D eigenvalue weighted by molar-refractivity contribution is -0.146. The highest BCUT2D eigenvalue weighted by atomic mass is 16.4. The van der Waals surface area contributed by atoms with Crippen LogP contribution in [0.4, 0.5) is 0 Å². The monoisotopic (exact) mass is 239 g/mol. The molecule has 0 radical (unpaired) electrons. The molecule has 1 unspecified atom stereocenters. The predicted octanol–water partition coefficient (Wildman–Crippen LogP) is -0.0424. The van der Waals surface area contributed by atoms with Crippen molar-refractivity contribution in [3.8, 4) is 5.75 Å². The van der Waals surface area contributed by atoms with E-state index >= 15 is 0 Å². The molecule has 0 fully saturated rings. The summed E-state index contributed by atoms with van der Waals surface area (Å²) in [5.41, 5.74) is 0.354. The van der Waals surface area contributed by atoms with Gasteiger partial charge in [0.05, 0.1) is 0 Å². The molecule has 0 saturated carbocycles. The number of nitrogens with one attached hydrogen (secondary N) is 1. The summed E-state index contributed by atoms with van der Waals surface area (Å²) in [6.07, 6.45) is -1.53. The first-order valence-corrected chi connectivity index (χ1v) is 4.99. The van der Waals surface area contributed by atoms with Crippen molar-refractivity contribution < 1.29 is 24.9 Å². The third-order valence-electron chi connectivity index (χ3n) is 2.12. The molecular formula is C11H13NO5. The quantitative estimate of drug-likeness (QED) is 0.576. The highest BCUT2D eigenvalue weighted by molar-refractivity contribution is 5.94. The zero-order valence-corrected chi connectivity index (χ0v) is 8.96. The molecule has 6 heteroatoms. The maximum absolute atomic E-state index is 11.5. The Morgan fingerprint density at radius 3 is 2.35 bits per heavy atom. The van der Waals surface area contributed by atoms with Crippen LogP contribution in [0.1, 0.15) is 16.8 Å². The number of phenolic OH excluding ortho intramolecular Hbond substituents is 1. The fraction of sp³-hybridized carbons (Fsp3) is 0.273. The fourth-order valence-electron chi connectivity index (χ4n) is 1.16. The van der Waals surface area contributed by atoms with Crippen LogP contribution in [0.5, 0.6) is 5.75 Å². The summed E-state index contributed by atoms with van der Waals surface area (Å²) in [4.78, 5) is 21.8. The fourth-order valence-corrected chi connectivity index (χ4v) is 1.16. The van der Waals surface area contributed by atoms with Crippen LogP contribution in [0, 0.1) is 0 Å². The van der Waals surface area contributed by atoms with Gasteiger partial charge >= 0.3 is 5.97 Å². The second-order valence-corrected chi connectivity index (χ2v) is 3.45. The summed E-state index contributed by atoms with van der Waals surface area (Å²) in [7, 11) is 0. The topological polar surface area (TPSA) is 107 Å². The van der Waals surface area contributed by atoms with Crippen molar-refractivity contribution in [3.63, 3.8) is 0 Å². The summed E-state index contributed by atoms with van der Waals surface area (Å²) >= 11 is 0. The van der Waals surface area contributed by atoms with Crippen molar-refractivity contribution in [2.45, 2.75) is 12.5 Å².